The summed E-state index contributed by atoms with van der Waals surface area (Å²) in [6.45, 7) is 0.301. The number of para-hydroxylation sites is 1. The lowest BCUT2D eigenvalue weighted by Crippen LogP contribution is -2.24. The molecule has 0 radical (unpaired) electrons. The zero-order chi connectivity index (χ0) is 17.6. The summed E-state index contributed by atoms with van der Waals surface area (Å²) < 4.78 is 1.53. The maximum Gasteiger partial charge on any atom is 0.303 e. The molecule has 0 saturated carbocycles. The summed E-state index contributed by atoms with van der Waals surface area (Å²) in [5.41, 5.74) is 1.34. The first kappa shape index (κ1) is 16.6. The molecule has 0 spiro atoms. The summed E-state index contributed by atoms with van der Waals surface area (Å²) in [5, 5.41) is 9.35. The van der Waals surface area contributed by atoms with Crippen LogP contribution in [0.2, 0.25) is 0 Å². The summed E-state index contributed by atoms with van der Waals surface area (Å²) >= 11 is 0. The number of carboxylic acid groups (broad SMARTS) is 1. The number of aromatic nitrogens is 3. The molecule has 2 heterocycles. The highest BCUT2D eigenvalue weighted by Gasteiger charge is 2.09. The molecule has 6 nitrogen and oxygen atoms in total. The second kappa shape index (κ2) is 7.53. The van der Waals surface area contributed by atoms with Crippen molar-refractivity contribution >= 4 is 29.0 Å². The van der Waals surface area contributed by atoms with E-state index in [9.17, 15) is 9.59 Å². The van der Waals surface area contributed by atoms with Gasteiger partial charge in [0.1, 0.15) is 5.82 Å². The van der Waals surface area contributed by atoms with Gasteiger partial charge in [0, 0.05) is 25.4 Å². The van der Waals surface area contributed by atoms with E-state index in [1.807, 2.05) is 24.3 Å². The van der Waals surface area contributed by atoms with Crippen LogP contribution in [0.5, 0.6) is 0 Å². The van der Waals surface area contributed by atoms with Gasteiger partial charge in [-0.25, -0.2) is 4.98 Å². The molecule has 0 aliphatic rings. The topological polar surface area (TPSA) is 85.1 Å². The molecule has 126 valence electrons. The molecule has 0 saturated heterocycles. The Morgan fingerprint density at radius 3 is 2.76 bits per heavy atom. The maximum atomic E-state index is 12.8. The largest absolute Gasteiger partial charge is 0.481 e. The Labute approximate surface area is 144 Å². The highest BCUT2D eigenvalue weighted by molar-refractivity contribution is 5.79. The van der Waals surface area contributed by atoms with Crippen molar-refractivity contribution in [3.63, 3.8) is 0 Å². The summed E-state index contributed by atoms with van der Waals surface area (Å²) in [6, 6.07) is 10.9. The van der Waals surface area contributed by atoms with Crippen molar-refractivity contribution in [2.24, 2.45) is 0 Å². The minimum atomic E-state index is -0.880. The Morgan fingerprint density at radius 1 is 1.16 bits per heavy atom. The van der Waals surface area contributed by atoms with E-state index in [1.54, 1.807) is 36.7 Å². The summed E-state index contributed by atoms with van der Waals surface area (Å²) in [6.07, 6.45) is 7.36. The van der Waals surface area contributed by atoms with E-state index in [2.05, 4.69) is 9.97 Å². The van der Waals surface area contributed by atoms with E-state index >= 15 is 0 Å². The van der Waals surface area contributed by atoms with Gasteiger partial charge in [-0.05, 0) is 42.3 Å². The molecular formula is C19H17N3O3. The Hall–Kier alpha value is -3.28. The van der Waals surface area contributed by atoms with Crippen LogP contribution in [-0.2, 0) is 11.3 Å². The maximum absolute atomic E-state index is 12.8. The van der Waals surface area contributed by atoms with Crippen LogP contribution in [0.1, 0.15) is 24.2 Å². The Balaban J connectivity index is 2.03. The smallest absolute Gasteiger partial charge is 0.303 e. The average Bonchev–Trinajstić information content (AvgIpc) is 2.63. The van der Waals surface area contributed by atoms with E-state index < -0.39 is 5.97 Å². The standard InChI is InChI=1S/C19H17N3O3/c23-18(24)8-4-12-22-17(10-9-14-5-3-11-20-13-14)21-16-7-2-1-6-15(16)19(22)25/h1-3,5-7,9-11,13H,4,8,12H2,(H,23,24)/b10-9+. The third-order valence-electron chi connectivity index (χ3n) is 3.77. The highest BCUT2D eigenvalue weighted by Crippen LogP contribution is 2.11. The van der Waals surface area contributed by atoms with Crippen molar-refractivity contribution in [2.75, 3.05) is 0 Å². The third-order valence-corrected chi connectivity index (χ3v) is 3.77. The summed E-state index contributed by atoms with van der Waals surface area (Å²) in [7, 11) is 0. The zero-order valence-electron chi connectivity index (χ0n) is 13.5. The van der Waals surface area contributed by atoms with E-state index in [0.717, 1.165) is 5.56 Å². The molecule has 0 unspecified atom stereocenters. The average molecular weight is 335 g/mol. The second-order valence-electron chi connectivity index (χ2n) is 5.56. The first-order valence-corrected chi connectivity index (χ1v) is 7.94. The number of aliphatic carboxylic acids is 1. The van der Waals surface area contributed by atoms with Crippen LogP contribution in [0, 0.1) is 0 Å². The lowest BCUT2D eigenvalue weighted by Gasteiger charge is -2.10. The number of hydrogen-bond donors (Lipinski definition) is 1. The minimum Gasteiger partial charge on any atom is -0.481 e. The molecule has 0 fully saturated rings. The van der Waals surface area contributed by atoms with Crippen molar-refractivity contribution < 1.29 is 9.90 Å². The van der Waals surface area contributed by atoms with Gasteiger partial charge in [0.2, 0.25) is 0 Å². The molecule has 0 aliphatic carbocycles. The lowest BCUT2D eigenvalue weighted by molar-refractivity contribution is -0.137. The number of nitrogens with zero attached hydrogens (tertiary/aromatic N) is 3. The van der Waals surface area contributed by atoms with Gasteiger partial charge in [0.05, 0.1) is 10.9 Å². The monoisotopic (exact) mass is 335 g/mol. The van der Waals surface area contributed by atoms with Gasteiger partial charge in [-0.15, -0.1) is 0 Å². The molecule has 0 bridgehead atoms. The van der Waals surface area contributed by atoms with Gasteiger partial charge < -0.3 is 5.11 Å². The van der Waals surface area contributed by atoms with Crippen LogP contribution in [0.4, 0.5) is 0 Å². The number of pyridine rings is 1. The van der Waals surface area contributed by atoms with E-state index in [0.29, 0.717) is 29.7 Å². The minimum absolute atomic E-state index is 0.00499. The van der Waals surface area contributed by atoms with Gasteiger partial charge >= 0.3 is 5.97 Å². The molecule has 3 aromatic rings. The predicted octanol–water partition coefficient (Wildman–Crippen LogP) is 2.83. The van der Waals surface area contributed by atoms with Crippen molar-refractivity contribution in [1.82, 2.24) is 14.5 Å². The van der Waals surface area contributed by atoms with Crippen molar-refractivity contribution in [2.45, 2.75) is 19.4 Å². The zero-order valence-corrected chi connectivity index (χ0v) is 13.5. The molecule has 25 heavy (non-hydrogen) atoms. The first-order chi connectivity index (χ1) is 12.1. The van der Waals surface area contributed by atoms with Crippen LogP contribution >= 0.6 is 0 Å². The number of hydrogen-bond acceptors (Lipinski definition) is 4. The van der Waals surface area contributed by atoms with Crippen LogP contribution in [0.15, 0.2) is 53.6 Å². The van der Waals surface area contributed by atoms with Gasteiger partial charge in [0.15, 0.2) is 0 Å². The van der Waals surface area contributed by atoms with Gasteiger partial charge in [-0.1, -0.05) is 18.2 Å². The normalized spacial score (nSPS) is 11.2. The van der Waals surface area contributed by atoms with Crippen LogP contribution in [0.25, 0.3) is 23.1 Å². The number of carbonyl (C=O) groups is 1. The fourth-order valence-electron chi connectivity index (χ4n) is 2.56. The van der Waals surface area contributed by atoms with Crippen molar-refractivity contribution in [1.29, 1.82) is 0 Å². The van der Waals surface area contributed by atoms with Crippen molar-refractivity contribution in [3.8, 4) is 0 Å². The third kappa shape index (κ3) is 3.98. The Bertz CT molecular complexity index is 978. The van der Waals surface area contributed by atoms with Gasteiger partial charge in [-0.3, -0.25) is 19.1 Å². The lowest BCUT2D eigenvalue weighted by atomic mass is 10.2. The molecule has 6 heteroatoms. The van der Waals surface area contributed by atoms with Crippen LogP contribution in [0.3, 0.4) is 0 Å². The van der Waals surface area contributed by atoms with Gasteiger partial charge in [0.25, 0.3) is 5.56 Å². The fourth-order valence-corrected chi connectivity index (χ4v) is 2.56. The van der Waals surface area contributed by atoms with Crippen LogP contribution < -0.4 is 5.56 Å². The Kier molecular flexibility index (Phi) is 4.99. The SMILES string of the molecule is O=C(O)CCCn1c(/C=C/c2cccnc2)nc2ccccc2c1=O. The van der Waals surface area contributed by atoms with Crippen molar-refractivity contribution in [3.05, 3.63) is 70.5 Å². The summed E-state index contributed by atoms with van der Waals surface area (Å²) in [5.74, 6) is -0.382. The molecule has 1 aromatic carbocycles. The van der Waals surface area contributed by atoms with E-state index in [4.69, 9.17) is 5.11 Å². The molecule has 0 aliphatic heterocycles. The van der Waals surface area contributed by atoms with E-state index in [1.165, 1.54) is 4.57 Å². The number of fused-ring (bicyclic) bond motifs is 1. The number of rotatable bonds is 6. The molecule has 2 aromatic heterocycles. The fraction of sp³-hybridized carbons (Fsp3) is 0.158. The summed E-state index contributed by atoms with van der Waals surface area (Å²) in [4.78, 5) is 32.1. The second-order valence-corrected chi connectivity index (χ2v) is 5.56. The molecular weight excluding hydrogens is 318 g/mol. The number of benzene rings is 1. The quantitative estimate of drug-likeness (QED) is 0.749. The van der Waals surface area contributed by atoms with Gasteiger partial charge in [-0.2, -0.15) is 0 Å². The first-order valence-electron chi connectivity index (χ1n) is 7.94. The van der Waals surface area contributed by atoms with E-state index in [-0.39, 0.29) is 12.0 Å². The molecule has 0 atom stereocenters. The van der Waals surface area contributed by atoms with Crippen LogP contribution in [-0.4, -0.2) is 25.6 Å². The molecule has 1 N–H and O–H groups in total. The number of carboxylic acids is 1. The molecule has 0 amide bonds. The Morgan fingerprint density at radius 2 is 2.00 bits per heavy atom. The molecule has 3 rings (SSSR count). The highest BCUT2D eigenvalue weighted by atomic mass is 16.4. The predicted molar refractivity (Wildman–Crippen MR) is 96.0 cm³/mol.